The maximum Gasteiger partial charge on any atom is 0.119 e. The highest BCUT2D eigenvalue weighted by Gasteiger charge is 2.14. The van der Waals surface area contributed by atoms with Crippen LogP contribution < -0.4 is 10.1 Å². The van der Waals surface area contributed by atoms with Gasteiger partial charge in [0.05, 0.1) is 19.8 Å². The molecule has 0 saturated heterocycles. The maximum absolute atomic E-state index is 5.66. The predicted octanol–water partition coefficient (Wildman–Crippen LogP) is 3.53. The number of methoxy groups -OCH3 is 1. The topological polar surface area (TPSA) is 30.5 Å². The van der Waals surface area contributed by atoms with Crippen LogP contribution in [0.5, 0.6) is 5.75 Å². The average Bonchev–Trinajstić information content (AvgIpc) is 2.39. The van der Waals surface area contributed by atoms with Gasteiger partial charge in [0, 0.05) is 11.1 Å². The van der Waals surface area contributed by atoms with E-state index in [0.717, 1.165) is 29.8 Å². The van der Waals surface area contributed by atoms with Crippen LogP contribution in [0.15, 0.2) is 22.7 Å². The summed E-state index contributed by atoms with van der Waals surface area (Å²) in [7, 11) is 1.68. The number of nitrogens with one attached hydrogen (secondary N) is 1. The average molecular weight is 316 g/mol. The van der Waals surface area contributed by atoms with Gasteiger partial charge in [0.25, 0.3) is 0 Å². The molecule has 18 heavy (non-hydrogen) atoms. The van der Waals surface area contributed by atoms with Gasteiger partial charge in [-0.05, 0) is 36.7 Å². The molecule has 4 heteroatoms. The Hall–Kier alpha value is -0.580. The Labute approximate surface area is 118 Å². The summed E-state index contributed by atoms with van der Waals surface area (Å²) in [6.45, 7) is 6.59. The third-order valence-corrected chi connectivity index (χ3v) is 3.38. The minimum atomic E-state index is 0.186. The van der Waals surface area contributed by atoms with Crippen molar-refractivity contribution in [1.29, 1.82) is 0 Å². The van der Waals surface area contributed by atoms with E-state index in [1.165, 1.54) is 5.56 Å². The molecule has 0 bridgehead atoms. The lowest BCUT2D eigenvalue weighted by Gasteiger charge is -2.20. The van der Waals surface area contributed by atoms with Gasteiger partial charge >= 0.3 is 0 Å². The van der Waals surface area contributed by atoms with Crippen molar-refractivity contribution in [2.45, 2.75) is 26.3 Å². The Morgan fingerprint density at radius 3 is 2.72 bits per heavy atom. The summed E-state index contributed by atoms with van der Waals surface area (Å²) in [6.07, 6.45) is 1.04. The Morgan fingerprint density at radius 2 is 2.11 bits per heavy atom. The lowest BCUT2D eigenvalue weighted by Crippen LogP contribution is -2.26. The van der Waals surface area contributed by atoms with E-state index < -0.39 is 0 Å². The van der Waals surface area contributed by atoms with E-state index in [0.29, 0.717) is 6.61 Å². The summed E-state index contributed by atoms with van der Waals surface area (Å²) in [5.41, 5.74) is 1.17. The van der Waals surface area contributed by atoms with Crippen LogP contribution in [0.3, 0.4) is 0 Å². The molecule has 0 spiro atoms. The van der Waals surface area contributed by atoms with E-state index >= 15 is 0 Å². The van der Waals surface area contributed by atoms with Gasteiger partial charge < -0.3 is 14.8 Å². The molecular formula is C14H22BrNO2. The standard InChI is InChI=1S/C14H22BrNO2/c1-4-8-18-10-14(16-5-2)12-9-11(17-3)6-7-13(12)15/h6-7,9,14,16H,4-5,8,10H2,1-3H3. The van der Waals surface area contributed by atoms with E-state index in [1.807, 2.05) is 18.2 Å². The minimum Gasteiger partial charge on any atom is -0.497 e. The summed E-state index contributed by atoms with van der Waals surface area (Å²) in [4.78, 5) is 0. The van der Waals surface area contributed by atoms with Gasteiger partial charge in [0.1, 0.15) is 5.75 Å². The van der Waals surface area contributed by atoms with Gasteiger partial charge in [-0.15, -0.1) is 0 Å². The van der Waals surface area contributed by atoms with Gasteiger partial charge in [-0.3, -0.25) is 0 Å². The fraction of sp³-hybridized carbons (Fsp3) is 0.571. The first kappa shape index (κ1) is 15.5. The molecule has 0 fully saturated rings. The summed E-state index contributed by atoms with van der Waals surface area (Å²) in [6, 6.07) is 6.19. The van der Waals surface area contributed by atoms with Crippen molar-refractivity contribution in [2.75, 3.05) is 26.9 Å². The molecule has 1 N–H and O–H groups in total. The number of likely N-dealkylation sites (N-methyl/N-ethyl adjacent to an activating group) is 1. The van der Waals surface area contributed by atoms with Crippen molar-refractivity contribution in [3.8, 4) is 5.75 Å². The maximum atomic E-state index is 5.66. The van der Waals surface area contributed by atoms with Crippen LogP contribution in [0.2, 0.25) is 0 Å². The van der Waals surface area contributed by atoms with Gasteiger partial charge in [-0.2, -0.15) is 0 Å². The second kappa shape index (κ2) is 8.51. The highest BCUT2D eigenvalue weighted by Crippen LogP contribution is 2.28. The second-order valence-electron chi connectivity index (χ2n) is 4.07. The smallest absolute Gasteiger partial charge is 0.119 e. The monoisotopic (exact) mass is 315 g/mol. The second-order valence-corrected chi connectivity index (χ2v) is 4.93. The van der Waals surface area contributed by atoms with Crippen LogP contribution in [0.4, 0.5) is 0 Å². The first-order valence-corrected chi connectivity index (χ1v) is 7.16. The zero-order valence-electron chi connectivity index (χ0n) is 11.3. The Balaban J connectivity index is 2.82. The van der Waals surface area contributed by atoms with Gasteiger partial charge in [-0.25, -0.2) is 0 Å². The molecule has 0 aliphatic heterocycles. The number of rotatable bonds is 8. The van der Waals surface area contributed by atoms with Crippen LogP contribution in [-0.2, 0) is 4.74 Å². The van der Waals surface area contributed by atoms with Crippen molar-refractivity contribution < 1.29 is 9.47 Å². The fourth-order valence-electron chi connectivity index (χ4n) is 1.77. The van der Waals surface area contributed by atoms with Crippen LogP contribution in [0, 0.1) is 0 Å². The molecule has 1 atom stereocenters. The molecule has 3 nitrogen and oxygen atoms in total. The first-order chi connectivity index (χ1) is 8.72. The normalized spacial score (nSPS) is 12.4. The zero-order chi connectivity index (χ0) is 13.4. The van der Waals surface area contributed by atoms with Crippen molar-refractivity contribution in [3.63, 3.8) is 0 Å². The molecule has 1 unspecified atom stereocenters. The third kappa shape index (κ3) is 4.59. The largest absolute Gasteiger partial charge is 0.497 e. The number of hydrogen-bond acceptors (Lipinski definition) is 3. The molecule has 1 rings (SSSR count). The van der Waals surface area contributed by atoms with Gasteiger partial charge in [0.15, 0.2) is 0 Å². The molecule has 102 valence electrons. The molecule has 0 aliphatic rings. The number of halogens is 1. The van der Waals surface area contributed by atoms with Crippen LogP contribution in [0.1, 0.15) is 31.9 Å². The Kier molecular flexibility index (Phi) is 7.32. The van der Waals surface area contributed by atoms with Crippen LogP contribution in [0.25, 0.3) is 0 Å². The Morgan fingerprint density at radius 1 is 1.33 bits per heavy atom. The molecule has 0 saturated carbocycles. The fourth-order valence-corrected chi connectivity index (χ4v) is 2.29. The van der Waals surface area contributed by atoms with Gasteiger partial charge in [-0.1, -0.05) is 29.8 Å². The van der Waals surface area contributed by atoms with E-state index in [2.05, 4.69) is 35.1 Å². The summed E-state index contributed by atoms with van der Waals surface area (Å²) in [5, 5.41) is 3.44. The number of hydrogen-bond donors (Lipinski definition) is 1. The van der Waals surface area contributed by atoms with Crippen molar-refractivity contribution in [2.24, 2.45) is 0 Å². The van der Waals surface area contributed by atoms with E-state index in [-0.39, 0.29) is 6.04 Å². The van der Waals surface area contributed by atoms with E-state index in [1.54, 1.807) is 7.11 Å². The van der Waals surface area contributed by atoms with E-state index in [4.69, 9.17) is 9.47 Å². The van der Waals surface area contributed by atoms with E-state index in [9.17, 15) is 0 Å². The van der Waals surface area contributed by atoms with Crippen molar-refractivity contribution in [1.82, 2.24) is 5.32 Å². The SMILES string of the molecule is CCCOCC(NCC)c1cc(OC)ccc1Br. The van der Waals surface area contributed by atoms with Gasteiger partial charge in [0.2, 0.25) is 0 Å². The summed E-state index contributed by atoms with van der Waals surface area (Å²) < 4.78 is 12.0. The molecule has 0 heterocycles. The molecule has 0 radical (unpaired) electrons. The third-order valence-electron chi connectivity index (χ3n) is 2.66. The molecule has 0 aliphatic carbocycles. The first-order valence-electron chi connectivity index (χ1n) is 6.37. The van der Waals surface area contributed by atoms with Crippen LogP contribution >= 0.6 is 15.9 Å². The molecular weight excluding hydrogens is 294 g/mol. The zero-order valence-corrected chi connectivity index (χ0v) is 12.9. The van der Waals surface area contributed by atoms with Crippen molar-refractivity contribution in [3.05, 3.63) is 28.2 Å². The highest BCUT2D eigenvalue weighted by atomic mass is 79.9. The molecule has 0 aromatic heterocycles. The highest BCUT2D eigenvalue weighted by molar-refractivity contribution is 9.10. The lowest BCUT2D eigenvalue weighted by molar-refractivity contribution is 0.112. The van der Waals surface area contributed by atoms with Crippen LogP contribution in [-0.4, -0.2) is 26.9 Å². The summed E-state index contributed by atoms with van der Waals surface area (Å²) >= 11 is 3.59. The molecule has 0 amide bonds. The number of ether oxygens (including phenoxy) is 2. The minimum absolute atomic E-state index is 0.186. The molecule has 1 aromatic carbocycles. The summed E-state index contributed by atoms with van der Waals surface area (Å²) in [5.74, 6) is 0.867. The quantitative estimate of drug-likeness (QED) is 0.744. The van der Waals surface area contributed by atoms with Crippen molar-refractivity contribution >= 4 is 15.9 Å². The molecule has 1 aromatic rings. The predicted molar refractivity (Wildman–Crippen MR) is 78.2 cm³/mol. The Bertz CT molecular complexity index is 358. The lowest BCUT2D eigenvalue weighted by atomic mass is 10.1. The number of benzene rings is 1.